The number of benzene rings is 3. The molecule has 0 amide bonds. The summed E-state index contributed by atoms with van der Waals surface area (Å²) in [6.45, 7) is 0.0333. The van der Waals surface area contributed by atoms with Gasteiger partial charge in [0.05, 0.1) is 0 Å². The predicted octanol–water partition coefficient (Wildman–Crippen LogP) is 5.99. The number of thioether (sulfide) groups is 1. The van der Waals surface area contributed by atoms with Crippen LogP contribution in [0.2, 0.25) is 0 Å². The Balaban J connectivity index is 1.37. The molecule has 0 saturated heterocycles. The molecule has 1 N–H and O–H groups in total. The molecule has 2 aromatic heterocycles. The number of Topliss-reactive ketones (excluding diaryl/α,β-unsaturated/α-hetero) is 1. The minimum Gasteiger partial charge on any atom is -0.484 e. The summed E-state index contributed by atoms with van der Waals surface area (Å²) >= 11 is 1.19. The second-order valence-electron chi connectivity index (χ2n) is 7.23. The first-order chi connectivity index (χ1) is 16.2. The molecule has 5 rings (SSSR count). The molecule has 33 heavy (non-hydrogen) atoms. The van der Waals surface area contributed by atoms with E-state index in [0.717, 1.165) is 16.5 Å². The molecule has 1 atom stereocenters. The Morgan fingerprint density at radius 1 is 1.00 bits per heavy atom. The largest absolute Gasteiger partial charge is 0.484 e. The number of fused-ring (bicyclic) bond motifs is 1. The molecule has 0 radical (unpaired) electrons. The van der Waals surface area contributed by atoms with Gasteiger partial charge in [-0.2, -0.15) is 0 Å². The summed E-state index contributed by atoms with van der Waals surface area (Å²) in [4.78, 5) is 16.7. The topological polar surface area (TPSA) is 81.0 Å². The zero-order valence-corrected chi connectivity index (χ0v) is 18.1. The lowest BCUT2D eigenvalue weighted by Crippen LogP contribution is -2.09. The summed E-state index contributed by atoms with van der Waals surface area (Å²) < 4.78 is 24.3. The number of para-hydroxylation sites is 1. The summed E-state index contributed by atoms with van der Waals surface area (Å²) in [5.74, 6) is 0.338. The highest BCUT2D eigenvalue weighted by Crippen LogP contribution is 2.38. The number of ketones is 1. The van der Waals surface area contributed by atoms with Gasteiger partial charge in [0.2, 0.25) is 0 Å². The highest BCUT2D eigenvalue weighted by Gasteiger charge is 2.27. The fraction of sp³-hybridized carbons (Fsp3) is 0.0800. The Kier molecular flexibility index (Phi) is 5.91. The number of aromatic amines is 1. The van der Waals surface area contributed by atoms with Crippen molar-refractivity contribution in [3.05, 3.63) is 108 Å². The molecule has 5 aromatic rings. The van der Waals surface area contributed by atoms with Crippen LogP contribution in [0.15, 0.2) is 94.7 Å². The van der Waals surface area contributed by atoms with E-state index in [1.807, 2.05) is 54.6 Å². The zero-order chi connectivity index (χ0) is 22.6. The predicted molar refractivity (Wildman–Crippen MR) is 123 cm³/mol. The monoisotopic (exact) mass is 459 g/mol. The first kappa shape index (κ1) is 21.0. The Morgan fingerprint density at radius 2 is 1.76 bits per heavy atom. The lowest BCUT2D eigenvalue weighted by molar-refractivity contribution is 0.0990. The lowest BCUT2D eigenvalue weighted by Gasteiger charge is -2.13. The smallest absolute Gasteiger partial charge is 0.277 e. The number of hydrogen-bond donors (Lipinski definition) is 1. The van der Waals surface area contributed by atoms with E-state index in [1.165, 1.54) is 36.0 Å². The van der Waals surface area contributed by atoms with Crippen LogP contribution < -0.4 is 4.74 Å². The molecule has 0 aliphatic heterocycles. The number of ether oxygens (including phenoxy) is 1. The molecule has 3 aromatic carbocycles. The van der Waals surface area contributed by atoms with Gasteiger partial charge in [-0.05, 0) is 47.7 Å². The van der Waals surface area contributed by atoms with Crippen molar-refractivity contribution in [1.82, 2.24) is 15.2 Å². The minimum absolute atomic E-state index is 0.0333. The van der Waals surface area contributed by atoms with Crippen LogP contribution in [0.5, 0.6) is 5.75 Å². The van der Waals surface area contributed by atoms with E-state index in [1.54, 1.807) is 6.20 Å². The van der Waals surface area contributed by atoms with Gasteiger partial charge in [-0.3, -0.25) is 4.79 Å². The van der Waals surface area contributed by atoms with Crippen molar-refractivity contribution in [3.63, 3.8) is 0 Å². The van der Waals surface area contributed by atoms with Crippen molar-refractivity contribution >= 4 is 28.4 Å². The molecule has 0 fully saturated rings. The van der Waals surface area contributed by atoms with E-state index in [2.05, 4.69) is 15.2 Å². The second kappa shape index (κ2) is 9.30. The van der Waals surface area contributed by atoms with Gasteiger partial charge in [0.25, 0.3) is 11.1 Å². The summed E-state index contributed by atoms with van der Waals surface area (Å²) in [5.41, 5.74) is 2.34. The third-order valence-corrected chi connectivity index (χ3v) is 6.13. The van der Waals surface area contributed by atoms with Gasteiger partial charge in [0.15, 0.2) is 12.4 Å². The first-order valence-electron chi connectivity index (χ1n) is 10.2. The van der Waals surface area contributed by atoms with Crippen LogP contribution in [0.4, 0.5) is 4.39 Å². The van der Waals surface area contributed by atoms with Gasteiger partial charge in [-0.25, -0.2) is 4.39 Å². The quantitative estimate of drug-likeness (QED) is 0.227. The number of halogens is 1. The Morgan fingerprint density at radius 3 is 2.58 bits per heavy atom. The van der Waals surface area contributed by atoms with Gasteiger partial charge in [0, 0.05) is 22.7 Å². The van der Waals surface area contributed by atoms with Crippen LogP contribution in [-0.2, 0) is 6.61 Å². The lowest BCUT2D eigenvalue weighted by atomic mass is 10.0. The van der Waals surface area contributed by atoms with E-state index in [9.17, 15) is 9.18 Å². The van der Waals surface area contributed by atoms with Crippen molar-refractivity contribution in [3.8, 4) is 5.75 Å². The van der Waals surface area contributed by atoms with Crippen LogP contribution in [0.25, 0.3) is 10.9 Å². The summed E-state index contributed by atoms with van der Waals surface area (Å²) in [6, 6.07) is 22.8. The average molecular weight is 460 g/mol. The van der Waals surface area contributed by atoms with Crippen LogP contribution in [0.1, 0.15) is 27.1 Å². The van der Waals surface area contributed by atoms with Gasteiger partial charge in [-0.1, -0.05) is 48.5 Å². The maximum Gasteiger partial charge on any atom is 0.277 e. The van der Waals surface area contributed by atoms with Gasteiger partial charge in [-0.15, -0.1) is 10.2 Å². The fourth-order valence-corrected chi connectivity index (χ4v) is 4.40. The molecule has 8 heteroatoms. The zero-order valence-electron chi connectivity index (χ0n) is 17.3. The molecule has 0 saturated carbocycles. The number of carbonyl (C=O) groups is 1. The first-order valence-corrected chi connectivity index (χ1v) is 11.1. The fourth-order valence-electron chi connectivity index (χ4n) is 3.44. The maximum absolute atomic E-state index is 13.6. The number of hydrogen-bond acceptors (Lipinski definition) is 6. The molecule has 6 nitrogen and oxygen atoms in total. The van der Waals surface area contributed by atoms with Crippen LogP contribution in [-0.4, -0.2) is 21.0 Å². The molecule has 164 valence electrons. The summed E-state index contributed by atoms with van der Waals surface area (Å²) in [7, 11) is 0. The second-order valence-corrected chi connectivity index (χ2v) is 8.28. The third kappa shape index (κ3) is 4.65. The van der Waals surface area contributed by atoms with E-state index < -0.39 is 5.25 Å². The Labute approximate surface area is 192 Å². The number of H-pyrrole nitrogens is 1. The Hall–Kier alpha value is -3.91. The molecule has 0 aliphatic carbocycles. The standard InChI is InChI=1S/C25H18FN3O3S/c26-17-10-12-18(13-11-17)31-15-22-28-29-25(32-22)33-24(16-6-2-1-3-7-16)23(30)20-14-27-21-9-5-4-8-19(20)21/h1-14,24,27H,15H2. The normalized spacial score (nSPS) is 12.0. The van der Waals surface area contributed by atoms with E-state index in [0.29, 0.717) is 11.3 Å². The molecule has 0 aliphatic rings. The molecule has 0 bridgehead atoms. The summed E-state index contributed by atoms with van der Waals surface area (Å²) in [6.07, 6.45) is 1.74. The number of carbonyl (C=O) groups excluding carboxylic acids is 1. The number of rotatable bonds is 8. The van der Waals surface area contributed by atoms with Crippen molar-refractivity contribution in [1.29, 1.82) is 0 Å². The number of aromatic nitrogens is 3. The van der Waals surface area contributed by atoms with Crippen molar-refractivity contribution < 1.29 is 18.3 Å². The molecular formula is C25H18FN3O3S. The average Bonchev–Trinajstić information content (AvgIpc) is 3.49. The van der Waals surface area contributed by atoms with E-state index in [-0.39, 0.29) is 29.3 Å². The molecular weight excluding hydrogens is 441 g/mol. The number of nitrogens with one attached hydrogen (secondary N) is 1. The van der Waals surface area contributed by atoms with Crippen LogP contribution in [0.3, 0.4) is 0 Å². The van der Waals surface area contributed by atoms with E-state index in [4.69, 9.17) is 9.15 Å². The minimum atomic E-state index is -0.572. The van der Waals surface area contributed by atoms with Gasteiger partial charge >= 0.3 is 0 Å². The highest BCUT2D eigenvalue weighted by atomic mass is 32.2. The van der Waals surface area contributed by atoms with Crippen molar-refractivity contribution in [2.45, 2.75) is 17.1 Å². The highest BCUT2D eigenvalue weighted by molar-refractivity contribution is 8.00. The van der Waals surface area contributed by atoms with Crippen molar-refractivity contribution in [2.75, 3.05) is 0 Å². The summed E-state index contributed by atoms with van der Waals surface area (Å²) in [5, 5.41) is 8.64. The number of nitrogens with zero attached hydrogens (tertiary/aromatic N) is 2. The third-order valence-electron chi connectivity index (χ3n) is 5.04. The van der Waals surface area contributed by atoms with E-state index >= 15 is 0 Å². The van der Waals surface area contributed by atoms with Gasteiger partial charge in [0.1, 0.15) is 16.8 Å². The van der Waals surface area contributed by atoms with Crippen molar-refractivity contribution in [2.24, 2.45) is 0 Å². The molecule has 2 heterocycles. The molecule has 0 spiro atoms. The van der Waals surface area contributed by atoms with Gasteiger partial charge < -0.3 is 14.1 Å². The SMILES string of the molecule is O=C(c1c[nH]c2ccccc12)C(Sc1nnc(COc2ccc(F)cc2)o1)c1ccccc1. The maximum atomic E-state index is 13.6. The van der Waals surface area contributed by atoms with Crippen LogP contribution >= 0.6 is 11.8 Å². The van der Waals surface area contributed by atoms with Crippen LogP contribution in [0, 0.1) is 5.82 Å². The molecule has 1 unspecified atom stereocenters. The Bertz CT molecular complexity index is 1380.